The van der Waals surface area contributed by atoms with Gasteiger partial charge < -0.3 is 10.2 Å². The lowest BCUT2D eigenvalue weighted by molar-refractivity contribution is 0.102. The van der Waals surface area contributed by atoms with Crippen molar-refractivity contribution < 1.29 is 4.79 Å². The Morgan fingerprint density at radius 2 is 2.00 bits per heavy atom. The quantitative estimate of drug-likeness (QED) is 0.900. The van der Waals surface area contributed by atoms with E-state index in [-0.39, 0.29) is 5.91 Å². The smallest absolute Gasteiger partial charge is 0.257 e. The highest BCUT2D eigenvalue weighted by Gasteiger charge is 2.15. The Bertz CT molecular complexity index is 696. The number of nitrogens with one attached hydrogen (secondary N) is 1. The van der Waals surface area contributed by atoms with Gasteiger partial charge in [0.2, 0.25) is 0 Å². The van der Waals surface area contributed by atoms with E-state index in [1.165, 1.54) is 12.8 Å². The first-order valence-corrected chi connectivity index (χ1v) is 8.20. The van der Waals surface area contributed by atoms with E-state index in [0.717, 1.165) is 34.5 Å². The summed E-state index contributed by atoms with van der Waals surface area (Å²) in [7, 11) is 0. The van der Waals surface area contributed by atoms with E-state index in [0.29, 0.717) is 5.56 Å². The minimum atomic E-state index is -0.141. The number of amides is 1. The zero-order valence-electron chi connectivity index (χ0n) is 12.5. The van der Waals surface area contributed by atoms with Crippen molar-refractivity contribution in [3.8, 4) is 0 Å². The fourth-order valence-corrected chi connectivity index (χ4v) is 3.21. The number of aryl methyl sites for hydroxylation is 1. The Kier molecular flexibility index (Phi) is 4.43. The average molecular weight is 360 g/mol. The fraction of sp³-hybridized carbons (Fsp3) is 0.294. The van der Waals surface area contributed by atoms with Crippen LogP contribution >= 0.6 is 15.9 Å². The molecule has 5 heteroatoms. The van der Waals surface area contributed by atoms with Gasteiger partial charge in [-0.15, -0.1) is 0 Å². The van der Waals surface area contributed by atoms with Crippen LogP contribution in [0.1, 0.15) is 28.8 Å². The Morgan fingerprint density at radius 1 is 1.23 bits per heavy atom. The molecule has 2 heterocycles. The molecule has 1 fully saturated rings. The Hall–Kier alpha value is -1.88. The molecule has 1 aliphatic heterocycles. The van der Waals surface area contributed by atoms with Gasteiger partial charge in [-0.05, 0) is 59.5 Å². The summed E-state index contributed by atoms with van der Waals surface area (Å²) < 4.78 is 0.879. The van der Waals surface area contributed by atoms with Gasteiger partial charge in [0, 0.05) is 23.8 Å². The maximum atomic E-state index is 12.4. The number of carbonyl (C=O) groups excluding carboxylic acids is 1. The highest BCUT2D eigenvalue weighted by atomic mass is 79.9. The van der Waals surface area contributed by atoms with Crippen LogP contribution in [-0.2, 0) is 0 Å². The molecule has 0 spiro atoms. The van der Waals surface area contributed by atoms with Crippen LogP contribution in [0.2, 0.25) is 0 Å². The van der Waals surface area contributed by atoms with Crippen LogP contribution in [-0.4, -0.2) is 24.0 Å². The summed E-state index contributed by atoms with van der Waals surface area (Å²) in [5.74, 6) is -0.141. The molecule has 22 heavy (non-hydrogen) atoms. The van der Waals surface area contributed by atoms with Crippen molar-refractivity contribution in [1.82, 2.24) is 4.98 Å². The standard InChI is InChI=1S/C17H18BrN3O/c1-12-4-5-16(15(18)8-12)20-17(22)13-9-14(11-19-10-13)21-6-2-3-7-21/h4-5,8-11H,2-3,6-7H2,1H3,(H,20,22). The molecule has 1 saturated heterocycles. The minimum absolute atomic E-state index is 0.141. The highest BCUT2D eigenvalue weighted by molar-refractivity contribution is 9.10. The van der Waals surface area contributed by atoms with Gasteiger partial charge in [-0.2, -0.15) is 0 Å². The van der Waals surface area contributed by atoms with E-state index in [1.807, 2.05) is 37.4 Å². The molecule has 3 rings (SSSR count). The van der Waals surface area contributed by atoms with E-state index in [9.17, 15) is 4.79 Å². The number of benzene rings is 1. The maximum absolute atomic E-state index is 12.4. The van der Waals surface area contributed by atoms with Crippen molar-refractivity contribution in [1.29, 1.82) is 0 Å². The van der Waals surface area contributed by atoms with Gasteiger partial charge in [0.25, 0.3) is 5.91 Å². The molecule has 4 nitrogen and oxygen atoms in total. The zero-order chi connectivity index (χ0) is 15.5. The third kappa shape index (κ3) is 3.30. The van der Waals surface area contributed by atoms with Gasteiger partial charge in [0.1, 0.15) is 0 Å². The molecule has 1 amide bonds. The summed E-state index contributed by atoms with van der Waals surface area (Å²) >= 11 is 3.48. The van der Waals surface area contributed by atoms with Crippen LogP contribution in [0, 0.1) is 6.92 Å². The fourth-order valence-electron chi connectivity index (χ4n) is 2.62. The highest BCUT2D eigenvalue weighted by Crippen LogP contribution is 2.25. The zero-order valence-corrected chi connectivity index (χ0v) is 14.1. The molecule has 0 atom stereocenters. The number of halogens is 1. The second kappa shape index (κ2) is 6.48. The molecule has 0 saturated carbocycles. The van der Waals surface area contributed by atoms with Crippen LogP contribution in [0.5, 0.6) is 0 Å². The van der Waals surface area contributed by atoms with Gasteiger partial charge >= 0.3 is 0 Å². The predicted molar refractivity (Wildman–Crippen MR) is 92.5 cm³/mol. The van der Waals surface area contributed by atoms with Crippen LogP contribution in [0.25, 0.3) is 0 Å². The molecular weight excluding hydrogens is 342 g/mol. The number of aromatic nitrogens is 1. The molecule has 1 aromatic heterocycles. The molecular formula is C17H18BrN3O. The first kappa shape index (κ1) is 15.0. The number of hydrogen-bond donors (Lipinski definition) is 1. The summed E-state index contributed by atoms with van der Waals surface area (Å²) in [5, 5.41) is 2.93. The van der Waals surface area contributed by atoms with Crippen molar-refractivity contribution in [2.45, 2.75) is 19.8 Å². The Labute approximate surface area is 138 Å². The molecule has 0 unspecified atom stereocenters. The normalized spacial score (nSPS) is 14.2. The van der Waals surface area contributed by atoms with Crippen molar-refractivity contribution >= 4 is 33.2 Å². The van der Waals surface area contributed by atoms with E-state index < -0.39 is 0 Å². The third-order valence-electron chi connectivity index (χ3n) is 3.83. The average Bonchev–Trinajstić information content (AvgIpc) is 3.04. The first-order chi connectivity index (χ1) is 10.6. The van der Waals surface area contributed by atoms with E-state index in [4.69, 9.17) is 0 Å². The van der Waals surface area contributed by atoms with Gasteiger partial charge in [-0.25, -0.2) is 0 Å². The monoisotopic (exact) mass is 359 g/mol. The number of pyridine rings is 1. The Morgan fingerprint density at radius 3 is 2.73 bits per heavy atom. The topological polar surface area (TPSA) is 45.2 Å². The van der Waals surface area contributed by atoms with Crippen molar-refractivity contribution in [3.05, 3.63) is 52.3 Å². The van der Waals surface area contributed by atoms with E-state index in [2.05, 4.69) is 31.1 Å². The number of anilines is 2. The molecule has 2 aromatic rings. The summed E-state index contributed by atoms with van der Waals surface area (Å²) in [4.78, 5) is 18.9. The van der Waals surface area contributed by atoms with Crippen molar-refractivity contribution in [2.24, 2.45) is 0 Å². The number of carbonyl (C=O) groups is 1. The van der Waals surface area contributed by atoms with Crippen LogP contribution < -0.4 is 10.2 Å². The van der Waals surface area contributed by atoms with Crippen molar-refractivity contribution in [2.75, 3.05) is 23.3 Å². The Balaban J connectivity index is 1.78. The third-order valence-corrected chi connectivity index (χ3v) is 4.49. The molecule has 1 aliphatic rings. The van der Waals surface area contributed by atoms with E-state index >= 15 is 0 Å². The molecule has 0 aliphatic carbocycles. The number of hydrogen-bond acceptors (Lipinski definition) is 3. The maximum Gasteiger partial charge on any atom is 0.257 e. The van der Waals surface area contributed by atoms with Crippen LogP contribution in [0.4, 0.5) is 11.4 Å². The molecule has 0 radical (unpaired) electrons. The lowest BCUT2D eigenvalue weighted by Crippen LogP contribution is -2.19. The molecule has 1 N–H and O–H groups in total. The van der Waals surface area contributed by atoms with Gasteiger partial charge in [0.05, 0.1) is 23.1 Å². The van der Waals surface area contributed by atoms with Crippen molar-refractivity contribution in [3.63, 3.8) is 0 Å². The predicted octanol–water partition coefficient (Wildman–Crippen LogP) is 4.01. The summed E-state index contributed by atoms with van der Waals surface area (Å²) in [6.07, 6.45) is 5.83. The molecule has 0 bridgehead atoms. The second-order valence-electron chi connectivity index (χ2n) is 5.56. The molecule has 1 aromatic carbocycles. The lowest BCUT2D eigenvalue weighted by atomic mass is 10.2. The largest absolute Gasteiger partial charge is 0.370 e. The lowest BCUT2D eigenvalue weighted by Gasteiger charge is -2.17. The SMILES string of the molecule is Cc1ccc(NC(=O)c2cncc(N3CCCC3)c2)c(Br)c1. The van der Waals surface area contributed by atoms with Gasteiger partial charge in [0.15, 0.2) is 0 Å². The summed E-state index contributed by atoms with van der Waals surface area (Å²) in [5.41, 5.74) is 3.51. The number of rotatable bonds is 3. The van der Waals surface area contributed by atoms with Gasteiger partial charge in [-0.3, -0.25) is 9.78 Å². The number of nitrogens with zero attached hydrogens (tertiary/aromatic N) is 2. The minimum Gasteiger partial charge on any atom is -0.370 e. The van der Waals surface area contributed by atoms with Crippen LogP contribution in [0.3, 0.4) is 0 Å². The first-order valence-electron chi connectivity index (χ1n) is 7.41. The molecule has 114 valence electrons. The van der Waals surface area contributed by atoms with E-state index in [1.54, 1.807) is 6.20 Å². The summed E-state index contributed by atoms with van der Waals surface area (Å²) in [6, 6.07) is 7.76. The van der Waals surface area contributed by atoms with Gasteiger partial charge in [-0.1, -0.05) is 6.07 Å². The van der Waals surface area contributed by atoms with Crippen LogP contribution in [0.15, 0.2) is 41.1 Å². The summed E-state index contributed by atoms with van der Waals surface area (Å²) in [6.45, 7) is 4.09. The second-order valence-corrected chi connectivity index (χ2v) is 6.42.